The summed E-state index contributed by atoms with van der Waals surface area (Å²) in [6.45, 7) is 12.3. The van der Waals surface area contributed by atoms with Crippen LogP contribution in [0.25, 0.3) is 0 Å². The summed E-state index contributed by atoms with van der Waals surface area (Å²) in [6, 6.07) is 7.19. The summed E-state index contributed by atoms with van der Waals surface area (Å²) in [4.78, 5) is 41.6. The minimum atomic E-state index is -0.804. The Balaban J connectivity index is 2.33. The van der Waals surface area contributed by atoms with Crippen molar-refractivity contribution < 1.29 is 19.1 Å². The van der Waals surface area contributed by atoms with Crippen molar-refractivity contribution in [2.75, 3.05) is 29.7 Å². The van der Waals surface area contributed by atoms with E-state index in [4.69, 9.17) is 27.9 Å². The zero-order valence-corrected chi connectivity index (χ0v) is 22.6. The Kier molecular flexibility index (Phi) is 10.8. The van der Waals surface area contributed by atoms with Crippen molar-refractivity contribution >= 4 is 46.4 Å². The Bertz CT molecular complexity index is 1010. The molecule has 0 bridgehead atoms. The third kappa shape index (κ3) is 6.45. The summed E-state index contributed by atoms with van der Waals surface area (Å²) in [7, 11) is 0. The molecule has 1 aliphatic rings. The number of rotatable bonds is 13. The Morgan fingerprint density at radius 3 is 2.03 bits per heavy atom. The molecule has 0 aromatic heterocycles. The van der Waals surface area contributed by atoms with Gasteiger partial charge in [-0.1, -0.05) is 19.9 Å². The van der Waals surface area contributed by atoms with Gasteiger partial charge in [0.15, 0.2) is 11.6 Å². The molecule has 2 rings (SSSR count). The van der Waals surface area contributed by atoms with Gasteiger partial charge in [0.1, 0.15) is 5.75 Å². The molecule has 0 fully saturated rings. The zero-order chi connectivity index (χ0) is 26.2. The number of halogens is 2. The van der Waals surface area contributed by atoms with E-state index in [0.29, 0.717) is 65.7 Å². The second-order valence-corrected chi connectivity index (χ2v) is 9.51. The molecule has 0 amide bonds. The van der Waals surface area contributed by atoms with Gasteiger partial charge in [-0.3, -0.25) is 14.4 Å². The monoisotopic (exact) mass is 519 g/mol. The van der Waals surface area contributed by atoms with E-state index in [0.717, 1.165) is 5.69 Å². The highest BCUT2D eigenvalue weighted by atomic mass is 35.5. The molecule has 0 radical (unpaired) electrons. The maximum absolute atomic E-state index is 13.4. The standard InChI is InChI=1S/C28H35Cl2NO4/c1-6-9-23-25(27(34)20(5)19(4)26(23)33)28(7-2,8-3)18-24(32)35-22-12-10-21(11-13-22)31(16-14-29)17-15-30/h6,10-13H,1,7-9,14-18H2,2-5H3. The van der Waals surface area contributed by atoms with E-state index < -0.39 is 11.4 Å². The lowest BCUT2D eigenvalue weighted by atomic mass is 9.65. The van der Waals surface area contributed by atoms with Crippen molar-refractivity contribution in [2.24, 2.45) is 5.41 Å². The van der Waals surface area contributed by atoms with Crippen LogP contribution in [-0.2, 0) is 14.4 Å². The molecule has 0 saturated heterocycles. The number of ketones is 2. The fourth-order valence-electron chi connectivity index (χ4n) is 4.59. The van der Waals surface area contributed by atoms with E-state index in [1.807, 2.05) is 26.0 Å². The van der Waals surface area contributed by atoms with E-state index in [1.165, 1.54) is 0 Å². The van der Waals surface area contributed by atoms with Crippen LogP contribution in [0.2, 0.25) is 0 Å². The summed E-state index contributed by atoms with van der Waals surface area (Å²) in [5, 5.41) is 0. The lowest BCUT2D eigenvalue weighted by Crippen LogP contribution is -2.36. The van der Waals surface area contributed by atoms with Crippen molar-refractivity contribution in [3.05, 3.63) is 59.2 Å². The molecule has 0 spiro atoms. The second kappa shape index (κ2) is 13.1. The molecule has 0 saturated carbocycles. The van der Waals surface area contributed by atoms with Crippen molar-refractivity contribution in [1.29, 1.82) is 0 Å². The van der Waals surface area contributed by atoms with Gasteiger partial charge in [0.05, 0.1) is 6.42 Å². The number of carbonyl (C=O) groups is 3. The SMILES string of the molecule is C=CCC1=C(C(CC)(CC)CC(=O)Oc2ccc(N(CCCl)CCCl)cc2)C(=O)C(C)=C(C)C1=O. The van der Waals surface area contributed by atoms with Gasteiger partial charge in [0, 0.05) is 58.2 Å². The Hall–Kier alpha value is -2.37. The molecule has 0 N–H and O–H groups in total. The molecule has 35 heavy (non-hydrogen) atoms. The molecule has 1 aromatic carbocycles. The molecule has 0 unspecified atom stereocenters. The Morgan fingerprint density at radius 2 is 1.54 bits per heavy atom. The lowest BCUT2D eigenvalue weighted by molar-refractivity contribution is -0.137. The summed E-state index contributed by atoms with van der Waals surface area (Å²) in [5.41, 5.74) is 1.89. The van der Waals surface area contributed by atoms with Gasteiger partial charge >= 0.3 is 5.97 Å². The molecule has 1 aromatic rings. The third-order valence-electron chi connectivity index (χ3n) is 6.90. The van der Waals surface area contributed by atoms with E-state index >= 15 is 0 Å². The van der Waals surface area contributed by atoms with Crippen LogP contribution in [-0.4, -0.2) is 42.4 Å². The smallest absolute Gasteiger partial charge is 0.312 e. The van der Waals surface area contributed by atoms with Gasteiger partial charge in [-0.25, -0.2) is 0 Å². The molecular formula is C28H35Cl2NO4. The van der Waals surface area contributed by atoms with Gasteiger partial charge in [0.25, 0.3) is 0 Å². The van der Waals surface area contributed by atoms with Gasteiger partial charge in [-0.05, 0) is 57.4 Å². The van der Waals surface area contributed by atoms with E-state index in [9.17, 15) is 14.4 Å². The van der Waals surface area contributed by atoms with Gasteiger partial charge < -0.3 is 9.64 Å². The van der Waals surface area contributed by atoms with Crippen LogP contribution in [0, 0.1) is 5.41 Å². The average molecular weight is 520 g/mol. The molecule has 1 aliphatic carbocycles. The zero-order valence-electron chi connectivity index (χ0n) is 21.1. The number of Topliss-reactive ketones (excluding diaryl/α,β-unsaturated/α-hetero) is 2. The number of hydrogen-bond donors (Lipinski definition) is 0. The highest BCUT2D eigenvalue weighted by Gasteiger charge is 2.43. The van der Waals surface area contributed by atoms with Crippen molar-refractivity contribution in [1.82, 2.24) is 0 Å². The fourth-order valence-corrected chi connectivity index (χ4v) is 5.00. The number of ether oxygens (including phenoxy) is 1. The first-order chi connectivity index (χ1) is 16.7. The maximum atomic E-state index is 13.4. The first kappa shape index (κ1) is 28.9. The van der Waals surface area contributed by atoms with Crippen LogP contribution in [0.1, 0.15) is 53.4 Å². The molecule has 7 heteroatoms. The number of alkyl halides is 2. The summed E-state index contributed by atoms with van der Waals surface area (Å²) in [6.07, 6.45) is 2.94. The summed E-state index contributed by atoms with van der Waals surface area (Å²) < 4.78 is 5.66. The first-order valence-electron chi connectivity index (χ1n) is 12.0. The summed E-state index contributed by atoms with van der Waals surface area (Å²) in [5.74, 6) is 0.597. The molecular weight excluding hydrogens is 485 g/mol. The second-order valence-electron chi connectivity index (χ2n) is 8.75. The van der Waals surface area contributed by atoms with Crippen molar-refractivity contribution in [2.45, 2.75) is 53.4 Å². The van der Waals surface area contributed by atoms with Crippen LogP contribution in [0.5, 0.6) is 5.75 Å². The van der Waals surface area contributed by atoms with Crippen LogP contribution in [0.3, 0.4) is 0 Å². The predicted molar refractivity (Wildman–Crippen MR) is 144 cm³/mol. The van der Waals surface area contributed by atoms with Gasteiger partial charge in [-0.15, -0.1) is 29.8 Å². The Morgan fingerprint density at radius 1 is 1.00 bits per heavy atom. The predicted octanol–water partition coefficient (Wildman–Crippen LogP) is 6.43. The number of nitrogens with zero attached hydrogens (tertiary/aromatic N) is 1. The number of anilines is 1. The largest absolute Gasteiger partial charge is 0.427 e. The summed E-state index contributed by atoms with van der Waals surface area (Å²) >= 11 is 11.8. The average Bonchev–Trinajstić information content (AvgIpc) is 2.85. The molecule has 0 atom stereocenters. The Labute approximate surface area is 218 Å². The molecule has 190 valence electrons. The van der Waals surface area contributed by atoms with Crippen LogP contribution >= 0.6 is 23.2 Å². The van der Waals surface area contributed by atoms with Crippen molar-refractivity contribution in [3.63, 3.8) is 0 Å². The lowest BCUT2D eigenvalue weighted by Gasteiger charge is -2.36. The van der Waals surface area contributed by atoms with Crippen molar-refractivity contribution in [3.8, 4) is 5.75 Å². The van der Waals surface area contributed by atoms with Crippen LogP contribution in [0.4, 0.5) is 5.69 Å². The normalized spacial score (nSPS) is 14.5. The van der Waals surface area contributed by atoms with E-state index in [2.05, 4.69) is 11.5 Å². The minimum absolute atomic E-state index is 0.00625. The van der Waals surface area contributed by atoms with Gasteiger partial charge in [-0.2, -0.15) is 0 Å². The minimum Gasteiger partial charge on any atom is -0.427 e. The quantitative estimate of drug-likeness (QED) is 0.0986. The first-order valence-corrected chi connectivity index (χ1v) is 13.1. The number of carbonyl (C=O) groups excluding carboxylic acids is 3. The number of benzene rings is 1. The van der Waals surface area contributed by atoms with E-state index in [-0.39, 0.29) is 24.4 Å². The molecule has 5 nitrogen and oxygen atoms in total. The highest BCUT2D eigenvalue weighted by molar-refractivity contribution is 6.25. The topological polar surface area (TPSA) is 63.7 Å². The highest BCUT2D eigenvalue weighted by Crippen LogP contribution is 2.45. The maximum Gasteiger partial charge on any atom is 0.312 e. The van der Waals surface area contributed by atoms with E-state index in [1.54, 1.807) is 32.1 Å². The molecule has 0 heterocycles. The van der Waals surface area contributed by atoms with Crippen LogP contribution < -0.4 is 9.64 Å². The third-order valence-corrected chi connectivity index (χ3v) is 7.24. The number of hydrogen-bond acceptors (Lipinski definition) is 5. The van der Waals surface area contributed by atoms with Crippen LogP contribution in [0.15, 0.2) is 59.2 Å². The van der Waals surface area contributed by atoms with Gasteiger partial charge in [0.2, 0.25) is 0 Å². The fraction of sp³-hybridized carbons (Fsp3) is 0.464. The number of esters is 1. The molecule has 0 aliphatic heterocycles. The number of allylic oxidation sites excluding steroid dienone is 5.